The summed E-state index contributed by atoms with van der Waals surface area (Å²) < 4.78 is 5.75. The Kier molecular flexibility index (Phi) is 3.60. The Morgan fingerprint density at radius 2 is 1.69 bits per heavy atom. The highest BCUT2D eigenvalue weighted by molar-refractivity contribution is 5.36. The molecule has 0 amide bonds. The second kappa shape index (κ2) is 5.36. The lowest BCUT2D eigenvalue weighted by molar-refractivity contribution is 0.482. The van der Waals surface area contributed by atoms with Crippen molar-refractivity contribution in [3.63, 3.8) is 0 Å². The number of ether oxygens (including phenoxy) is 1. The zero-order valence-corrected chi connectivity index (χ0v) is 9.39. The van der Waals surface area contributed by atoms with Crippen LogP contribution in [0.2, 0.25) is 0 Å². The Bertz CT molecular complexity index is 434. The van der Waals surface area contributed by atoms with E-state index in [-0.39, 0.29) is 0 Å². The third kappa shape index (κ3) is 2.86. The second-order valence-electron chi connectivity index (χ2n) is 3.60. The van der Waals surface area contributed by atoms with Gasteiger partial charge in [0.2, 0.25) is 0 Å². The molecule has 2 aromatic rings. The van der Waals surface area contributed by atoms with E-state index in [2.05, 4.69) is 25.5 Å². The molecule has 0 fully saturated rings. The summed E-state index contributed by atoms with van der Waals surface area (Å²) >= 11 is 0. The summed E-state index contributed by atoms with van der Waals surface area (Å²) in [6.45, 7) is 2.13. The van der Waals surface area contributed by atoms with Crippen LogP contribution >= 0.6 is 0 Å². The van der Waals surface area contributed by atoms with E-state index in [1.54, 1.807) is 0 Å². The molecule has 1 nitrogen and oxygen atoms in total. The molecule has 0 unspecified atom stereocenters. The minimum atomic E-state index is 0.871. The first-order valence-corrected chi connectivity index (χ1v) is 5.54. The van der Waals surface area contributed by atoms with Crippen LogP contribution in [0.1, 0.15) is 18.9 Å². The average Bonchev–Trinajstić information content (AvgIpc) is 2.31. The highest BCUT2D eigenvalue weighted by Crippen LogP contribution is 2.22. The maximum atomic E-state index is 5.75. The van der Waals surface area contributed by atoms with Gasteiger partial charge in [-0.1, -0.05) is 37.3 Å². The van der Waals surface area contributed by atoms with E-state index in [0.717, 1.165) is 17.9 Å². The fraction of sp³-hybridized carbons (Fsp3) is 0.133. The van der Waals surface area contributed by atoms with Crippen molar-refractivity contribution in [3.05, 3.63) is 66.6 Å². The summed E-state index contributed by atoms with van der Waals surface area (Å²) in [5, 5.41) is 0. The number of rotatable bonds is 4. The lowest BCUT2D eigenvalue weighted by Crippen LogP contribution is -1.85. The predicted octanol–water partition coefficient (Wildman–Crippen LogP) is 4.44. The van der Waals surface area contributed by atoms with E-state index in [9.17, 15) is 0 Å². The topological polar surface area (TPSA) is 9.23 Å². The second-order valence-corrected chi connectivity index (χ2v) is 3.60. The van der Waals surface area contributed by atoms with Crippen molar-refractivity contribution in [3.8, 4) is 11.5 Å². The number of benzene rings is 2. The molecule has 2 rings (SSSR count). The fourth-order valence-electron chi connectivity index (χ4n) is 1.57. The van der Waals surface area contributed by atoms with Gasteiger partial charge in [-0.2, -0.15) is 0 Å². The summed E-state index contributed by atoms with van der Waals surface area (Å²) in [6, 6.07) is 18.0. The molecule has 2 aromatic carbocycles. The normalized spacial score (nSPS) is 10.1. The predicted molar refractivity (Wildman–Crippen MR) is 66.7 cm³/mol. The minimum absolute atomic E-state index is 0.871. The van der Waals surface area contributed by atoms with Gasteiger partial charge in [0.25, 0.3) is 0 Å². The third-order valence-electron chi connectivity index (χ3n) is 2.28. The molecule has 0 heterocycles. The molecule has 0 aliphatic heterocycles. The molecule has 81 valence electrons. The van der Waals surface area contributed by atoms with Crippen molar-refractivity contribution >= 4 is 0 Å². The average molecular weight is 211 g/mol. The monoisotopic (exact) mass is 211 g/mol. The van der Waals surface area contributed by atoms with E-state index in [1.807, 2.05) is 42.5 Å². The molecule has 0 bridgehead atoms. The Labute approximate surface area is 96.7 Å². The molecule has 1 radical (unpaired) electrons. The van der Waals surface area contributed by atoms with E-state index in [0.29, 0.717) is 0 Å². The Morgan fingerprint density at radius 1 is 0.938 bits per heavy atom. The van der Waals surface area contributed by atoms with Gasteiger partial charge in [0.05, 0.1) is 0 Å². The molecule has 0 saturated carbocycles. The van der Waals surface area contributed by atoms with Gasteiger partial charge in [-0.05, 0) is 42.7 Å². The van der Waals surface area contributed by atoms with E-state index < -0.39 is 0 Å². The van der Waals surface area contributed by atoms with Gasteiger partial charge < -0.3 is 4.74 Å². The highest BCUT2D eigenvalue weighted by atomic mass is 16.5. The van der Waals surface area contributed by atoms with Crippen molar-refractivity contribution in [2.45, 2.75) is 13.3 Å². The minimum Gasteiger partial charge on any atom is -0.457 e. The van der Waals surface area contributed by atoms with Crippen LogP contribution in [0.3, 0.4) is 0 Å². The van der Waals surface area contributed by atoms with Gasteiger partial charge in [0.1, 0.15) is 11.5 Å². The van der Waals surface area contributed by atoms with Crippen LogP contribution in [0.15, 0.2) is 54.6 Å². The zero-order valence-electron chi connectivity index (χ0n) is 9.39. The molecule has 0 N–H and O–H groups in total. The van der Waals surface area contributed by atoms with Crippen molar-refractivity contribution < 1.29 is 4.74 Å². The van der Waals surface area contributed by atoms with Crippen molar-refractivity contribution in [1.82, 2.24) is 0 Å². The standard InChI is InChI=1S/C15H15O/c1-2-7-13-8-6-11-15(12-13)16-14-9-4-3-5-10-14/h3-12H,2H2,1H3. The molecule has 0 aromatic heterocycles. The quantitative estimate of drug-likeness (QED) is 0.726. The molecule has 1 heteroatoms. The summed E-state index contributed by atoms with van der Waals surface area (Å²) in [6.07, 6.45) is 3.21. The van der Waals surface area contributed by atoms with Gasteiger partial charge in [-0.25, -0.2) is 0 Å². The van der Waals surface area contributed by atoms with Gasteiger partial charge in [-0.15, -0.1) is 0 Å². The van der Waals surface area contributed by atoms with Crippen molar-refractivity contribution in [2.75, 3.05) is 0 Å². The number of hydrogen-bond donors (Lipinski definition) is 0. The molecular weight excluding hydrogens is 196 g/mol. The first-order chi connectivity index (χ1) is 7.88. The molecule has 0 spiro atoms. The maximum Gasteiger partial charge on any atom is 0.127 e. The van der Waals surface area contributed by atoms with Gasteiger partial charge >= 0.3 is 0 Å². The fourth-order valence-corrected chi connectivity index (χ4v) is 1.57. The van der Waals surface area contributed by atoms with Crippen molar-refractivity contribution in [2.24, 2.45) is 0 Å². The van der Waals surface area contributed by atoms with Crippen LogP contribution in [0.5, 0.6) is 11.5 Å². The molecule has 16 heavy (non-hydrogen) atoms. The van der Waals surface area contributed by atoms with Gasteiger partial charge in [0.15, 0.2) is 0 Å². The highest BCUT2D eigenvalue weighted by Gasteiger charge is 1.97. The van der Waals surface area contributed by atoms with E-state index >= 15 is 0 Å². The van der Waals surface area contributed by atoms with Crippen LogP contribution in [0.4, 0.5) is 0 Å². The van der Waals surface area contributed by atoms with E-state index in [4.69, 9.17) is 4.74 Å². The summed E-state index contributed by atoms with van der Waals surface area (Å²) in [4.78, 5) is 0. The van der Waals surface area contributed by atoms with Crippen LogP contribution in [0.25, 0.3) is 0 Å². The lowest BCUT2D eigenvalue weighted by atomic mass is 10.1. The molecule has 0 aliphatic rings. The van der Waals surface area contributed by atoms with Crippen molar-refractivity contribution in [1.29, 1.82) is 0 Å². The zero-order chi connectivity index (χ0) is 11.2. The SMILES string of the molecule is CC[CH]c1cccc(Oc2ccccc2)c1. The Balaban J connectivity index is 2.12. The molecule has 0 atom stereocenters. The van der Waals surface area contributed by atoms with Gasteiger partial charge in [-0.3, -0.25) is 0 Å². The summed E-state index contributed by atoms with van der Waals surface area (Å²) in [5.41, 5.74) is 1.20. The first kappa shape index (κ1) is 10.7. The molecule has 0 aliphatic carbocycles. The number of para-hydroxylation sites is 1. The van der Waals surface area contributed by atoms with Crippen LogP contribution < -0.4 is 4.74 Å². The third-order valence-corrected chi connectivity index (χ3v) is 2.28. The molecular formula is C15H15O. The van der Waals surface area contributed by atoms with Crippen LogP contribution in [-0.2, 0) is 0 Å². The summed E-state index contributed by atoms with van der Waals surface area (Å²) in [5.74, 6) is 1.75. The Morgan fingerprint density at radius 3 is 2.44 bits per heavy atom. The number of hydrogen-bond acceptors (Lipinski definition) is 1. The largest absolute Gasteiger partial charge is 0.457 e. The smallest absolute Gasteiger partial charge is 0.127 e. The first-order valence-electron chi connectivity index (χ1n) is 5.54. The maximum absolute atomic E-state index is 5.75. The van der Waals surface area contributed by atoms with Crippen LogP contribution in [-0.4, -0.2) is 0 Å². The van der Waals surface area contributed by atoms with E-state index in [1.165, 1.54) is 5.56 Å². The Hall–Kier alpha value is -1.76. The van der Waals surface area contributed by atoms with Gasteiger partial charge in [0, 0.05) is 0 Å². The van der Waals surface area contributed by atoms with Crippen LogP contribution in [0, 0.1) is 6.42 Å². The molecule has 0 saturated heterocycles. The summed E-state index contributed by atoms with van der Waals surface area (Å²) in [7, 11) is 0. The lowest BCUT2D eigenvalue weighted by Gasteiger charge is -2.06.